The standard InChI is InChI=1S/C20H25ClN2O2S/c1-23(13-11-16-6-9-18(24-2)19(14-16)25-3)20(26)22-12-10-15-4-7-17(21)8-5-15/h4-9,14H,10-13H2,1-3H3,(H,22,26). The van der Waals surface area contributed by atoms with Crippen molar-refractivity contribution in [3.8, 4) is 11.5 Å². The topological polar surface area (TPSA) is 33.7 Å². The number of hydrogen-bond acceptors (Lipinski definition) is 3. The van der Waals surface area contributed by atoms with Crippen LogP contribution < -0.4 is 14.8 Å². The zero-order valence-electron chi connectivity index (χ0n) is 15.4. The van der Waals surface area contributed by atoms with E-state index in [-0.39, 0.29) is 0 Å². The lowest BCUT2D eigenvalue weighted by Gasteiger charge is -2.21. The van der Waals surface area contributed by atoms with Crippen LogP contribution in [0.4, 0.5) is 0 Å². The Balaban J connectivity index is 1.77. The van der Waals surface area contributed by atoms with Crippen molar-refractivity contribution in [2.24, 2.45) is 0 Å². The first-order valence-corrected chi connectivity index (χ1v) is 9.26. The molecule has 0 aliphatic carbocycles. The molecule has 1 N–H and O–H groups in total. The van der Waals surface area contributed by atoms with Crippen LogP contribution in [0, 0.1) is 0 Å². The predicted molar refractivity (Wildman–Crippen MR) is 112 cm³/mol. The summed E-state index contributed by atoms with van der Waals surface area (Å²) in [7, 11) is 5.28. The maximum absolute atomic E-state index is 5.90. The fourth-order valence-corrected chi connectivity index (χ4v) is 2.85. The molecule has 0 aromatic heterocycles. The smallest absolute Gasteiger partial charge is 0.168 e. The Bertz CT molecular complexity index is 722. The molecule has 6 heteroatoms. The highest BCUT2D eigenvalue weighted by Gasteiger charge is 2.07. The minimum absolute atomic E-state index is 0.740. The molecule has 0 unspecified atom stereocenters. The lowest BCUT2D eigenvalue weighted by Crippen LogP contribution is -2.39. The Morgan fingerprint density at radius 1 is 1.00 bits per heavy atom. The highest BCUT2D eigenvalue weighted by molar-refractivity contribution is 7.80. The average Bonchev–Trinajstić information content (AvgIpc) is 2.67. The Morgan fingerprint density at radius 3 is 2.31 bits per heavy atom. The first-order chi connectivity index (χ1) is 12.5. The molecule has 2 aromatic rings. The molecular weight excluding hydrogens is 368 g/mol. The van der Waals surface area contributed by atoms with Gasteiger partial charge in [0.2, 0.25) is 0 Å². The molecule has 0 bridgehead atoms. The summed E-state index contributed by atoms with van der Waals surface area (Å²) in [5.74, 6) is 1.49. The van der Waals surface area contributed by atoms with E-state index >= 15 is 0 Å². The van der Waals surface area contributed by atoms with Crippen LogP contribution >= 0.6 is 23.8 Å². The summed E-state index contributed by atoms with van der Waals surface area (Å²) in [5.41, 5.74) is 2.41. The summed E-state index contributed by atoms with van der Waals surface area (Å²) in [6, 6.07) is 13.9. The third-order valence-corrected chi connectivity index (χ3v) is 4.84. The van der Waals surface area contributed by atoms with Crippen LogP contribution in [0.25, 0.3) is 0 Å². The van der Waals surface area contributed by atoms with E-state index in [4.69, 9.17) is 33.3 Å². The fourth-order valence-electron chi connectivity index (χ4n) is 2.53. The largest absolute Gasteiger partial charge is 0.493 e. The molecule has 0 fully saturated rings. The molecule has 140 valence electrons. The van der Waals surface area contributed by atoms with E-state index in [1.165, 1.54) is 11.1 Å². The van der Waals surface area contributed by atoms with E-state index in [0.29, 0.717) is 0 Å². The third kappa shape index (κ3) is 6.07. The second-order valence-electron chi connectivity index (χ2n) is 5.97. The summed E-state index contributed by atoms with van der Waals surface area (Å²) in [6.45, 7) is 1.61. The molecule has 0 aliphatic heterocycles. The van der Waals surface area contributed by atoms with Crippen molar-refractivity contribution >= 4 is 28.9 Å². The van der Waals surface area contributed by atoms with Crippen LogP contribution in [0.1, 0.15) is 11.1 Å². The fraction of sp³-hybridized carbons (Fsp3) is 0.350. The van der Waals surface area contributed by atoms with Gasteiger partial charge in [0, 0.05) is 25.2 Å². The molecule has 0 amide bonds. The van der Waals surface area contributed by atoms with E-state index in [0.717, 1.165) is 47.6 Å². The molecule has 0 heterocycles. The summed E-state index contributed by atoms with van der Waals surface area (Å²) in [4.78, 5) is 2.05. The van der Waals surface area contributed by atoms with Gasteiger partial charge >= 0.3 is 0 Å². The number of hydrogen-bond donors (Lipinski definition) is 1. The zero-order chi connectivity index (χ0) is 18.9. The van der Waals surface area contributed by atoms with Gasteiger partial charge in [-0.1, -0.05) is 29.8 Å². The third-order valence-electron chi connectivity index (χ3n) is 4.13. The molecule has 4 nitrogen and oxygen atoms in total. The van der Waals surface area contributed by atoms with Crippen LogP contribution in [0.2, 0.25) is 5.02 Å². The van der Waals surface area contributed by atoms with E-state index < -0.39 is 0 Å². The van der Waals surface area contributed by atoms with E-state index in [9.17, 15) is 0 Å². The number of likely N-dealkylation sites (N-methyl/N-ethyl adjacent to an activating group) is 1. The normalized spacial score (nSPS) is 10.3. The number of thiocarbonyl (C=S) groups is 1. The second-order valence-corrected chi connectivity index (χ2v) is 6.79. The summed E-state index contributed by atoms with van der Waals surface area (Å²) in [5, 5.41) is 4.81. The van der Waals surface area contributed by atoms with E-state index in [1.807, 2.05) is 54.4 Å². The Morgan fingerprint density at radius 2 is 1.65 bits per heavy atom. The first-order valence-electron chi connectivity index (χ1n) is 8.47. The molecule has 0 aliphatic rings. The quantitative estimate of drug-likeness (QED) is 0.688. The molecule has 26 heavy (non-hydrogen) atoms. The van der Waals surface area contributed by atoms with Gasteiger partial charge in [-0.05, 0) is 60.5 Å². The SMILES string of the molecule is COc1ccc(CCN(C)C(=S)NCCc2ccc(Cl)cc2)cc1OC. The van der Waals surface area contributed by atoms with Crippen molar-refractivity contribution in [2.75, 3.05) is 34.4 Å². The number of nitrogens with zero attached hydrogens (tertiary/aromatic N) is 1. The van der Waals surface area contributed by atoms with Crippen molar-refractivity contribution in [3.05, 3.63) is 58.6 Å². The number of nitrogens with one attached hydrogen (secondary N) is 1. The zero-order valence-corrected chi connectivity index (χ0v) is 17.0. The van der Waals surface area contributed by atoms with Crippen LogP contribution in [0.5, 0.6) is 11.5 Å². The number of halogens is 1. The van der Waals surface area contributed by atoms with E-state index in [1.54, 1.807) is 14.2 Å². The lowest BCUT2D eigenvalue weighted by molar-refractivity contribution is 0.354. The average molecular weight is 393 g/mol. The number of benzene rings is 2. The maximum Gasteiger partial charge on any atom is 0.168 e. The Labute approximate surface area is 166 Å². The van der Waals surface area contributed by atoms with E-state index in [2.05, 4.69) is 5.32 Å². The molecule has 2 rings (SSSR count). The molecule has 0 saturated heterocycles. The maximum atomic E-state index is 5.90. The highest BCUT2D eigenvalue weighted by Crippen LogP contribution is 2.27. The summed E-state index contributed by atoms with van der Waals surface area (Å²) in [6.07, 6.45) is 1.77. The van der Waals surface area contributed by atoms with Gasteiger partial charge in [0.25, 0.3) is 0 Å². The number of methoxy groups -OCH3 is 2. The van der Waals surface area contributed by atoms with Gasteiger partial charge in [0.05, 0.1) is 14.2 Å². The molecule has 0 spiro atoms. The van der Waals surface area contributed by atoms with Crippen LogP contribution in [-0.2, 0) is 12.8 Å². The van der Waals surface area contributed by atoms with Gasteiger partial charge < -0.3 is 19.7 Å². The van der Waals surface area contributed by atoms with Gasteiger partial charge in [-0.3, -0.25) is 0 Å². The predicted octanol–water partition coefficient (Wildman–Crippen LogP) is 3.95. The minimum atomic E-state index is 0.740. The van der Waals surface area contributed by atoms with Gasteiger partial charge in [0.15, 0.2) is 16.6 Å². The monoisotopic (exact) mass is 392 g/mol. The van der Waals surface area contributed by atoms with Gasteiger partial charge in [-0.15, -0.1) is 0 Å². The van der Waals surface area contributed by atoms with Gasteiger partial charge in [0.1, 0.15) is 0 Å². The lowest BCUT2D eigenvalue weighted by atomic mass is 10.1. The Kier molecular flexibility index (Phi) is 8.01. The molecule has 0 radical (unpaired) electrons. The molecular formula is C20H25ClN2O2S. The number of ether oxygens (including phenoxy) is 2. The van der Waals surface area contributed by atoms with Crippen LogP contribution in [0.15, 0.2) is 42.5 Å². The van der Waals surface area contributed by atoms with Crippen molar-refractivity contribution < 1.29 is 9.47 Å². The first kappa shape index (κ1) is 20.3. The van der Waals surface area contributed by atoms with Crippen molar-refractivity contribution in [1.82, 2.24) is 10.2 Å². The molecule has 0 saturated carbocycles. The second kappa shape index (κ2) is 10.2. The minimum Gasteiger partial charge on any atom is -0.493 e. The summed E-state index contributed by atoms with van der Waals surface area (Å²) >= 11 is 11.4. The Hall–Kier alpha value is -1.98. The van der Waals surface area contributed by atoms with Crippen molar-refractivity contribution in [2.45, 2.75) is 12.8 Å². The van der Waals surface area contributed by atoms with Crippen molar-refractivity contribution in [3.63, 3.8) is 0 Å². The molecule has 2 aromatic carbocycles. The van der Waals surface area contributed by atoms with Crippen LogP contribution in [0.3, 0.4) is 0 Å². The highest BCUT2D eigenvalue weighted by atomic mass is 35.5. The van der Waals surface area contributed by atoms with Gasteiger partial charge in [-0.25, -0.2) is 0 Å². The van der Waals surface area contributed by atoms with Gasteiger partial charge in [-0.2, -0.15) is 0 Å². The van der Waals surface area contributed by atoms with Crippen molar-refractivity contribution in [1.29, 1.82) is 0 Å². The van der Waals surface area contributed by atoms with Crippen LogP contribution in [-0.4, -0.2) is 44.4 Å². The molecule has 0 atom stereocenters. The summed E-state index contributed by atoms with van der Waals surface area (Å²) < 4.78 is 10.6. The number of rotatable bonds is 8.